The zero-order valence-electron chi connectivity index (χ0n) is 11.2. The third-order valence-corrected chi connectivity index (χ3v) is 3.46. The van der Waals surface area contributed by atoms with Crippen LogP contribution in [0.5, 0.6) is 6.01 Å². The lowest BCUT2D eigenvalue weighted by Gasteiger charge is -2.14. The number of nitrogens with zero attached hydrogens (tertiary/aromatic N) is 3. The van der Waals surface area contributed by atoms with Gasteiger partial charge in [-0.1, -0.05) is 36.3 Å². The van der Waals surface area contributed by atoms with Gasteiger partial charge in [-0.15, -0.1) is 5.10 Å². The van der Waals surface area contributed by atoms with E-state index >= 15 is 0 Å². The van der Waals surface area contributed by atoms with Crippen molar-refractivity contribution in [1.82, 2.24) is 14.8 Å². The van der Waals surface area contributed by atoms with Gasteiger partial charge in [-0.05, 0) is 30.5 Å². The first-order valence-corrected chi connectivity index (χ1v) is 6.69. The molecule has 4 heteroatoms. The van der Waals surface area contributed by atoms with Crippen LogP contribution in [0.2, 0.25) is 0 Å². The number of ether oxygens (including phenoxy) is 1. The van der Waals surface area contributed by atoms with Crippen LogP contribution in [-0.2, 0) is 0 Å². The number of aromatic nitrogens is 3. The van der Waals surface area contributed by atoms with Gasteiger partial charge in [0.25, 0.3) is 0 Å². The van der Waals surface area contributed by atoms with E-state index in [2.05, 4.69) is 47.5 Å². The Labute approximate surface area is 112 Å². The van der Waals surface area contributed by atoms with Crippen molar-refractivity contribution in [3.63, 3.8) is 0 Å². The lowest BCUT2D eigenvalue weighted by atomic mass is 9.92. The van der Waals surface area contributed by atoms with E-state index in [1.165, 1.54) is 11.1 Å². The van der Waals surface area contributed by atoms with Gasteiger partial charge in [0.2, 0.25) is 0 Å². The Morgan fingerprint density at radius 2 is 2.05 bits per heavy atom. The van der Waals surface area contributed by atoms with E-state index in [0.29, 0.717) is 12.6 Å². The van der Waals surface area contributed by atoms with Crippen LogP contribution in [0, 0.1) is 0 Å². The Bertz CT molecular complexity index is 616. The molecule has 1 aromatic heterocycles. The minimum absolute atomic E-state index is 0.257. The molecule has 2 aromatic rings. The molecule has 2 heterocycles. The van der Waals surface area contributed by atoms with Gasteiger partial charge < -0.3 is 4.74 Å². The fraction of sp³-hybridized carbons (Fsp3) is 0.333. The van der Waals surface area contributed by atoms with Gasteiger partial charge in [-0.25, -0.2) is 0 Å². The Hall–Kier alpha value is -2.10. The fourth-order valence-electron chi connectivity index (χ4n) is 2.57. The normalized spacial score (nSPS) is 16.6. The predicted molar refractivity (Wildman–Crippen MR) is 75.0 cm³/mol. The highest BCUT2D eigenvalue weighted by Crippen LogP contribution is 2.34. The maximum atomic E-state index is 5.53. The maximum Gasteiger partial charge on any atom is 0.321 e. The summed E-state index contributed by atoms with van der Waals surface area (Å²) in [4.78, 5) is 0. The quantitative estimate of drug-likeness (QED) is 0.845. The summed E-state index contributed by atoms with van der Waals surface area (Å²) in [6, 6.07) is 9.00. The van der Waals surface area contributed by atoms with Crippen LogP contribution in [0.25, 0.3) is 12.3 Å². The average Bonchev–Trinajstić information content (AvgIpc) is 2.75. The third kappa shape index (κ3) is 1.93. The molecule has 1 unspecified atom stereocenters. The van der Waals surface area contributed by atoms with Crippen LogP contribution in [0.4, 0.5) is 0 Å². The van der Waals surface area contributed by atoms with Crippen LogP contribution >= 0.6 is 0 Å². The predicted octanol–water partition coefficient (Wildman–Crippen LogP) is 3.16. The summed E-state index contributed by atoms with van der Waals surface area (Å²) >= 11 is 0. The van der Waals surface area contributed by atoms with Crippen LogP contribution < -0.4 is 4.74 Å². The molecular weight excluding hydrogens is 238 g/mol. The first-order valence-electron chi connectivity index (χ1n) is 6.69. The maximum absolute atomic E-state index is 5.53. The topological polar surface area (TPSA) is 39.9 Å². The highest BCUT2D eigenvalue weighted by Gasteiger charge is 2.24. The van der Waals surface area contributed by atoms with Crippen molar-refractivity contribution in [2.24, 2.45) is 0 Å². The Morgan fingerprint density at radius 3 is 2.84 bits per heavy atom. The van der Waals surface area contributed by atoms with Crippen molar-refractivity contribution in [1.29, 1.82) is 0 Å². The summed E-state index contributed by atoms with van der Waals surface area (Å²) in [6.07, 6.45) is 5.08. The molecule has 19 heavy (non-hydrogen) atoms. The van der Waals surface area contributed by atoms with Crippen LogP contribution in [0.3, 0.4) is 0 Å². The Kier molecular flexibility index (Phi) is 3.07. The van der Waals surface area contributed by atoms with Gasteiger partial charge in [-0.3, -0.25) is 4.57 Å². The smallest absolute Gasteiger partial charge is 0.321 e. The first-order chi connectivity index (χ1) is 9.35. The van der Waals surface area contributed by atoms with Crippen LogP contribution in [0.1, 0.15) is 43.1 Å². The summed E-state index contributed by atoms with van der Waals surface area (Å²) in [5.41, 5.74) is 2.54. The molecule has 1 atom stereocenters. The van der Waals surface area contributed by atoms with Gasteiger partial charge >= 0.3 is 6.01 Å². The molecule has 0 fully saturated rings. The van der Waals surface area contributed by atoms with Crippen LogP contribution in [-0.4, -0.2) is 21.4 Å². The van der Waals surface area contributed by atoms with Crippen molar-refractivity contribution < 1.29 is 4.74 Å². The molecule has 3 rings (SSSR count). The number of hydrogen-bond donors (Lipinski definition) is 0. The minimum Gasteiger partial charge on any atom is -0.464 e. The standard InChI is InChI=1S/C15H17N3O/c1-3-12-13-8-6-5-7-11(13)9-10-18-14(12)16-17-15(18)19-4-2/h5-10,12H,3-4H2,1-2H3. The van der Waals surface area contributed by atoms with Gasteiger partial charge in [0.1, 0.15) is 5.82 Å². The van der Waals surface area contributed by atoms with Gasteiger partial charge in [0.05, 0.1) is 6.61 Å². The SMILES string of the molecule is CCOc1nnc2n1C=Cc1ccccc1C2CC. The molecule has 1 aromatic carbocycles. The number of hydrogen-bond acceptors (Lipinski definition) is 3. The van der Waals surface area contributed by atoms with Gasteiger partial charge in [0.15, 0.2) is 0 Å². The second-order valence-electron chi connectivity index (χ2n) is 4.55. The summed E-state index contributed by atoms with van der Waals surface area (Å²) in [5, 5.41) is 8.46. The van der Waals surface area contributed by atoms with Gasteiger partial charge in [0, 0.05) is 12.1 Å². The number of rotatable bonds is 3. The van der Waals surface area contributed by atoms with E-state index < -0.39 is 0 Å². The molecule has 0 N–H and O–H groups in total. The molecule has 1 aliphatic heterocycles. The monoisotopic (exact) mass is 255 g/mol. The molecule has 0 saturated carbocycles. The second kappa shape index (κ2) is 4.88. The molecule has 0 aliphatic carbocycles. The van der Waals surface area contributed by atoms with E-state index in [0.717, 1.165) is 12.2 Å². The minimum atomic E-state index is 0.257. The molecule has 0 spiro atoms. The van der Waals surface area contributed by atoms with Crippen molar-refractivity contribution >= 4 is 12.3 Å². The average molecular weight is 255 g/mol. The molecular formula is C15H17N3O. The highest BCUT2D eigenvalue weighted by molar-refractivity contribution is 5.67. The molecule has 98 valence electrons. The number of fused-ring (bicyclic) bond motifs is 2. The lowest BCUT2D eigenvalue weighted by molar-refractivity contribution is 0.307. The number of benzene rings is 1. The summed E-state index contributed by atoms with van der Waals surface area (Å²) in [5.74, 6) is 1.21. The van der Waals surface area contributed by atoms with E-state index in [4.69, 9.17) is 4.74 Å². The van der Waals surface area contributed by atoms with E-state index in [1.807, 2.05) is 17.7 Å². The van der Waals surface area contributed by atoms with Crippen molar-refractivity contribution in [3.05, 3.63) is 41.2 Å². The zero-order chi connectivity index (χ0) is 13.2. The Morgan fingerprint density at radius 1 is 1.21 bits per heavy atom. The third-order valence-electron chi connectivity index (χ3n) is 3.46. The van der Waals surface area contributed by atoms with E-state index in [1.54, 1.807) is 0 Å². The largest absolute Gasteiger partial charge is 0.464 e. The fourth-order valence-corrected chi connectivity index (χ4v) is 2.57. The lowest BCUT2D eigenvalue weighted by Crippen LogP contribution is -2.07. The molecule has 1 aliphatic rings. The second-order valence-corrected chi connectivity index (χ2v) is 4.55. The molecule has 0 radical (unpaired) electrons. The Balaban J connectivity index is 2.16. The summed E-state index contributed by atoms with van der Waals surface area (Å²) < 4.78 is 7.49. The van der Waals surface area contributed by atoms with E-state index in [9.17, 15) is 0 Å². The zero-order valence-corrected chi connectivity index (χ0v) is 11.2. The summed E-state index contributed by atoms with van der Waals surface area (Å²) in [7, 11) is 0. The summed E-state index contributed by atoms with van der Waals surface area (Å²) in [6.45, 7) is 4.72. The van der Waals surface area contributed by atoms with Crippen molar-refractivity contribution in [2.45, 2.75) is 26.2 Å². The molecule has 4 nitrogen and oxygen atoms in total. The van der Waals surface area contributed by atoms with Gasteiger partial charge in [-0.2, -0.15) is 0 Å². The van der Waals surface area contributed by atoms with E-state index in [-0.39, 0.29) is 5.92 Å². The van der Waals surface area contributed by atoms with Crippen molar-refractivity contribution in [3.8, 4) is 6.01 Å². The molecule has 0 saturated heterocycles. The molecule has 0 amide bonds. The van der Waals surface area contributed by atoms with Crippen molar-refractivity contribution in [2.75, 3.05) is 6.61 Å². The molecule has 0 bridgehead atoms. The first kappa shape index (κ1) is 12.0. The van der Waals surface area contributed by atoms with Crippen LogP contribution in [0.15, 0.2) is 24.3 Å². The highest BCUT2D eigenvalue weighted by atomic mass is 16.5.